The van der Waals surface area contributed by atoms with E-state index in [0.29, 0.717) is 37.5 Å². The van der Waals surface area contributed by atoms with Gasteiger partial charge in [-0.2, -0.15) is 13.2 Å². The van der Waals surface area contributed by atoms with Crippen LogP contribution in [0.4, 0.5) is 13.2 Å². The average Bonchev–Trinajstić information content (AvgIpc) is 2.65. The van der Waals surface area contributed by atoms with Gasteiger partial charge in [-0.3, -0.25) is 4.79 Å². The van der Waals surface area contributed by atoms with Gasteiger partial charge in [0.15, 0.2) is 0 Å². The molecule has 162 valence electrons. The Balaban J connectivity index is 1.29. The highest BCUT2D eigenvalue weighted by molar-refractivity contribution is 5.89. The maximum absolute atomic E-state index is 12.9. The van der Waals surface area contributed by atoms with Crippen molar-refractivity contribution in [2.24, 2.45) is 29.6 Å². The van der Waals surface area contributed by atoms with Crippen LogP contribution in [-0.2, 0) is 19.1 Å². The Labute approximate surface area is 169 Å². The van der Waals surface area contributed by atoms with Crippen molar-refractivity contribution in [3.63, 3.8) is 0 Å². The number of hydrogen-bond donors (Lipinski definition) is 0. The molecule has 0 amide bonds. The second-order valence-corrected chi connectivity index (χ2v) is 9.76. The van der Waals surface area contributed by atoms with E-state index in [1.54, 1.807) is 0 Å². The SMILES string of the molecule is C=C(C(=O)OC1CCC(C(=O)OC2(C)C3CC4CC(C3)CC2C4)CC1)C(F)(F)F. The molecule has 7 heteroatoms. The summed E-state index contributed by atoms with van der Waals surface area (Å²) in [5.74, 6) is 0.599. The lowest BCUT2D eigenvalue weighted by Crippen LogP contribution is -2.58. The Hall–Kier alpha value is -1.53. The fourth-order valence-electron chi connectivity index (χ4n) is 6.34. The molecule has 5 saturated carbocycles. The minimum atomic E-state index is -4.79. The maximum Gasteiger partial charge on any atom is 0.422 e. The standard InChI is InChI=1S/C22H29F3O4/c1-12(22(23,24)25)19(26)28-18-5-3-15(4-6-18)20(27)29-21(2)16-8-13-7-14(10-16)11-17(21)9-13/h13-18H,1,3-11H2,2H3. The summed E-state index contributed by atoms with van der Waals surface area (Å²) in [7, 11) is 0. The van der Waals surface area contributed by atoms with Gasteiger partial charge in [-0.1, -0.05) is 6.58 Å². The maximum atomic E-state index is 12.9. The van der Waals surface area contributed by atoms with Gasteiger partial charge in [0.1, 0.15) is 17.3 Å². The first-order valence-electron chi connectivity index (χ1n) is 10.8. The van der Waals surface area contributed by atoms with Crippen molar-refractivity contribution in [1.29, 1.82) is 0 Å². The number of ether oxygens (including phenoxy) is 2. The molecule has 0 heterocycles. The van der Waals surface area contributed by atoms with Crippen molar-refractivity contribution >= 4 is 11.9 Å². The van der Waals surface area contributed by atoms with Crippen molar-refractivity contribution in [3.8, 4) is 0 Å². The predicted octanol–water partition coefficient (Wildman–Crippen LogP) is 4.96. The van der Waals surface area contributed by atoms with Crippen LogP contribution in [0.5, 0.6) is 0 Å². The number of rotatable bonds is 4. The summed E-state index contributed by atoms with van der Waals surface area (Å²) in [5.41, 5.74) is -1.87. The molecule has 4 bridgehead atoms. The second-order valence-electron chi connectivity index (χ2n) is 9.76. The molecule has 0 aromatic rings. The van der Waals surface area contributed by atoms with E-state index in [1.807, 2.05) is 0 Å². The lowest BCUT2D eigenvalue weighted by Gasteiger charge is -2.59. The number of hydrogen-bond acceptors (Lipinski definition) is 4. The van der Waals surface area contributed by atoms with E-state index in [9.17, 15) is 22.8 Å². The molecule has 29 heavy (non-hydrogen) atoms. The zero-order valence-corrected chi connectivity index (χ0v) is 16.8. The van der Waals surface area contributed by atoms with E-state index < -0.39 is 23.8 Å². The largest absolute Gasteiger partial charge is 0.459 e. The summed E-state index contributed by atoms with van der Waals surface area (Å²) in [6.45, 7) is 4.87. The van der Waals surface area contributed by atoms with Crippen LogP contribution < -0.4 is 0 Å². The van der Waals surface area contributed by atoms with Gasteiger partial charge < -0.3 is 9.47 Å². The predicted molar refractivity (Wildman–Crippen MR) is 98.6 cm³/mol. The van der Waals surface area contributed by atoms with E-state index in [4.69, 9.17) is 9.47 Å². The first-order chi connectivity index (χ1) is 13.6. The van der Waals surface area contributed by atoms with Crippen LogP contribution >= 0.6 is 0 Å². The van der Waals surface area contributed by atoms with Crippen LogP contribution in [0.2, 0.25) is 0 Å². The highest BCUT2D eigenvalue weighted by atomic mass is 19.4. The Bertz CT molecular complexity index is 663. The van der Waals surface area contributed by atoms with Crippen LogP contribution in [0.15, 0.2) is 12.2 Å². The first kappa shape index (κ1) is 20.7. The van der Waals surface area contributed by atoms with Crippen molar-refractivity contribution in [2.45, 2.75) is 82.6 Å². The van der Waals surface area contributed by atoms with Crippen molar-refractivity contribution < 1.29 is 32.2 Å². The van der Waals surface area contributed by atoms with Gasteiger partial charge in [0, 0.05) is 0 Å². The van der Waals surface area contributed by atoms with Crippen LogP contribution in [0, 0.1) is 29.6 Å². The van der Waals surface area contributed by atoms with Crippen LogP contribution in [0.1, 0.15) is 64.7 Å². The summed E-state index contributed by atoms with van der Waals surface area (Å²) >= 11 is 0. The Kier molecular flexibility index (Phi) is 5.23. The number of alkyl halides is 3. The molecule has 5 rings (SSSR count). The number of carbonyl (C=O) groups excluding carboxylic acids is 2. The quantitative estimate of drug-likeness (QED) is 0.482. The van der Waals surface area contributed by atoms with Crippen molar-refractivity contribution in [3.05, 3.63) is 12.2 Å². The Morgan fingerprint density at radius 2 is 1.45 bits per heavy atom. The molecule has 0 atom stereocenters. The third-order valence-electron chi connectivity index (χ3n) is 7.95. The molecule has 5 aliphatic carbocycles. The fraction of sp³-hybridized carbons (Fsp3) is 0.818. The van der Waals surface area contributed by atoms with E-state index in [-0.39, 0.29) is 17.5 Å². The smallest absolute Gasteiger partial charge is 0.422 e. The monoisotopic (exact) mass is 414 g/mol. The van der Waals surface area contributed by atoms with Gasteiger partial charge in [-0.25, -0.2) is 4.79 Å². The minimum Gasteiger partial charge on any atom is -0.459 e. The molecule has 0 aromatic heterocycles. The van der Waals surface area contributed by atoms with E-state index in [1.165, 1.54) is 6.42 Å². The van der Waals surface area contributed by atoms with Crippen LogP contribution in [-0.4, -0.2) is 29.8 Å². The normalized spacial score (nSPS) is 41.1. The van der Waals surface area contributed by atoms with E-state index >= 15 is 0 Å². The summed E-state index contributed by atoms with van der Waals surface area (Å²) in [6, 6.07) is 0. The van der Waals surface area contributed by atoms with Crippen LogP contribution in [0.3, 0.4) is 0 Å². The minimum absolute atomic E-state index is 0.190. The first-order valence-corrected chi connectivity index (χ1v) is 10.8. The Morgan fingerprint density at radius 1 is 0.931 bits per heavy atom. The molecule has 0 spiro atoms. The summed E-state index contributed by atoms with van der Waals surface area (Å²) in [5, 5.41) is 0. The average molecular weight is 414 g/mol. The molecule has 0 aliphatic heterocycles. The van der Waals surface area contributed by atoms with Gasteiger partial charge in [-0.15, -0.1) is 0 Å². The van der Waals surface area contributed by atoms with Crippen LogP contribution in [0.25, 0.3) is 0 Å². The van der Waals surface area contributed by atoms with Gasteiger partial charge in [0.2, 0.25) is 0 Å². The molecular weight excluding hydrogens is 385 g/mol. The van der Waals surface area contributed by atoms with Crippen molar-refractivity contribution in [1.82, 2.24) is 0 Å². The Morgan fingerprint density at radius 3 is 1.93 bits per heavy atom. The molecular formula is C22H29F3O4. The number of carbonyl (C=O) groups is 2. The highest BCUT2D eigenvalue weighted by Crippen LogP contribution is 2.59. The third-order valence-corrected chi connectivity index (χ3v) is 7.95. The molecule has 4 nitrogen and oxygen atoms in total. The lowest BCUT2D eigenvalue weighted by molar-refractivity contribution is -0.208. The molecule has 5 fully saturated rings. The molecule has 0 saturated heterocycles. The fourth-order valence-corrected chi connectivity index (χ4v) is 6.34. The second kappa shape index (κ2) is 7.31. The van der Waals surface area contributed by atoms with Gasteiger partial charge >= 0.3 is 18.1 Å². The molecule has 5 aliphatic rings. The lowest BCUT2D eigenvalue weighted by atomic mass is 9.50. The third kappa shape index (κ3) is 3.93. The number of esters is 2. The zero-order valence-electron chi connectivity index (χ0n) is 16.8. The molecule has 0 N–H and O–H groups in total. The highest BCUT2D eigenvalue weighted by Gasteiger charge is 2.57. The molecule has 0 aromatic carbocycles. The molecule has 0 radical (unpaired) electrons. The molecule has 0 unspecified atom stereocenters. The van der Waals surface area contributed by atoms with Gasteiger partial charge in [0.25, 0.3) is 0 Å². The summed E-state index contributed by atoms with van der Waals surface area (Å²) in [4.78, 5) is 24.5. The summed E-state index contributed by atoms with van der Waals surface area (Å²) < 4.78 is 48.7. The van der Waals surface area contributed by atoms with Gasteiger partial charge in [0.05, 0.1) is 5.92 Å². The van der Waals surface area contributed by atoms with Gasteiger partial charge in [-0.05, 0) is 88.4 Å². The summed E-state index contributed by atoms with van der Waals surface area (Å²) in [6.07, 6.45) is 2.22. The van der Waals surface area contributed by atoms with Crippen molar-refractivity contribution in [2.75, 3.05) is 0 Å². The van der Waals surface area contributed by atoms with E-state index in [2.05, 4.69) is 13.5 Å². The topological polar surface area (TPSA) is 52.6 Å². The number of halogens is 3. The zero-order chi connectivity index (χ0) is 21.0. The van der Waals surface area contributed by atoms with E-state index in [0.717, 1.165) is 37.5 Å².